The third-order valence-corrected chi connectivity index (χ3v) is 4.45. The molecule has 4 rings (SSSR count). The van der Waals surface area contributed by atoms with Gasteiger partial charge in [0.2, 0.25) is 5.91 Å². The largest absolute Gasteiger partial charge is 0.354 e. The molecule has 0 atom stereocenters. The highest BCUT2D eigenvalue weighted by molar-refractivity contribution is 5.96. The summed E-state index contributed by atoms with van der Waals surface area (Å²) in [7, 11) is 2.00. The second-order valence-corrected chi connectivity index (χ2v) is 6.45. The van der Waals surface area contributed by atoms with E-state index in [9.17, 15) is 4.79 Å². The van der Waals surface area contributed by atoms with Gasteiger partial charge in [-0.3, -0.25) is 9.78 Å². The van der Waals surface area contributed by atoms with Crippen LogP contribution in [0.3, 0.4) is 0 Å². The second-order valence-electron chi connectivity index (χ2n) is 6.45. The molecule has 0 saturated heterocycles. The minimum Gasteiger partial charge on any atom is -0.354 e. The van der Waals surface area contributed by atoms with E-state index in [1.54, 1.807) is 12.4 Å². The SMILES string of the molecule is Cn1cc(CC(=O)Nc2ccc(Nc3cccnc3)cc2)c2ccccc21. The van der Waals surface area contributed by atoms with Gasteiger partial charge in [0.25, 0.3) is 0 Å². The van der Waals surface area contributed by atoms with Gasteiger partial charge in [-0.15, -0.1) is 0 Å². The molecule has 0 aliphatic rings. The van der Waals surface area contributed by atoms with E-state index in [2.05, 4.69) is 32.3 Å². The summed E-state index contributed by atoms with van der Waals surface area (Å²) >= 11 is 0. The zero-order chi connectivity index (χ0) is 18.6. The number of benzene rings is 2. The predicted molar refractivity (Wildman–Crippen MR) is 109 cm³/mol. The normalized spacial score (nSPS) is 10.7. The summed E-state index contributed by atoms with van der Waals surface area (Å²) in [6.07, 6.45) is 5.86. The number of pyridine rings is 1. The Morgan fingerprint density at radius 3 is 2.52 bits per heavy atom. The fraction of sp³-hybridized carbons (Fsp3) is 0.0909. The molecule has 2 heterocycles. The Labute approximate surface area is 157 Å². The standard InChI is InChI=1S/C22H20N4O/c1-26-15-16(20-6-2-3-7-21(20)26)13-22(27)25-18-10-8-17(9-11-18)24-19-5-4-12-23-14-19/h2-12,14-15,24H,13H2,1H3,(H,25,27). The summed E-state index contributed by atoms with van der Waals surface area (Å²) in [6.45, 7) is 0. The number of carbonyl (C=O) groups excluding carboxylic acids is 1. The summed E-state index contributed by atoms with van der Waals surface area (Å²) in [5, 5.41) is 7.35. The first kappa shape index (κ1) is 16.8. The molecule has 0 saturated carbocycles. The van der Waals surface area contributed by atoms with Gasteiger partial charge in [0, 0.05) is 41.7 Å². The minimum absolute atomic E-state index is 0.0284. The van der Waals surface area contributed by atoms with Gasteiger partial charge >= 0.3 is 0 Å². The molecule has 2 aromatic heterocycles. The number of nitrogens with one attached hydrogen (secondary N) is 2. The average molecular weight is 356 g/mol. The van der Waals surface area contributed by atoms with E-state index in [4.69, 9.17) is 0 Å². The zero-order valence-corrected chi connectivity index (χ0v) is 15.0. The third-order valence-electron chi connectivity index (χ3n) is 4.45. The molecule has 5 nitrogen and oxygen atoms in total. The Kier molecular flexibility index (Phi) is 4.58. The Balaban J connectivity index is 1.42. The predicted octanol–water partition coefficient (Wildman–Crippen LogP) is 4.50. The fourth-order valence-corrected chi connectivity index (χ4v) is 3.18. The maximum Gasteiger partial charge on any atom is 0.228 e. The first-order valence-corrected chi connectivity index (χ1v) is 8.79. The van der Waals surface area contributed by atoms with Crippen molar-refractivity contribution >= 4 is 33.9 Å². The highest BCUT2D eigenvalue weighted by Gasteiger charge is 2.10. The van der Waals surface area contributed by atoms with Gasteiger partial charge in [0.05, 0.1) is 18.3 Å². The van der Waals surface area contributed by atoms with E-state index in [0.717, 1.165) is 33.5 Å². The number of rotatable bonds is 5. The molecule has 2 N–H and O–H groups in total. The number of carbonyl (C=O) groups is 1. The van der Waals surface area contributed by atoms with E-state index >= 15 is 0 Å². The molecule has 0 spiro atoms. The van der Waals surface area contributed by atoms with Crippen molar-refractivity contribution in [3.63, 3.8) is 0 Å². The first-order valence-electron chi connectivity index (χ1n) is 8.79. The zero-order valence-electron chi connectivity index (χ0n) is 15.0. The molecular weight excluding hydrogens is 336 g/mol. The van der Waals surface area contributed by atoms with Crippen LogP contribution in [0.15, 0.2) is 79.3 Å². The minimum atomic E-state index is -0.0284. The number of aryl methyl sites for hydroxylation is 1. The lowest BCUT2D eigenvalue weighted by atomic mass is 10.1. The van der Waals surface area contributed by atoms with Crippen LogP contribution in [0.1, 0.15) is 5.56 Å². The van der Waals surface area contributed by atoms with Crippen LogP contribution in [0, 0.1) is 0 Å². The first-order chi connectivity index (χ1) is 13.2. The summed E-state index contributed by atoms with van der Waals surface area (Å²) in [5.41, 5.74) is 4.80. The van der Waals surface area contributed by atoms with E-state index in [1.807, 2.05) is 61.8 Å². The Bertz CT molecular complexity index is 1070. The number of aromatic nitrogens is 2. The summed E-state index contributed by atoms with van der Waals surface area (Å²) in [5.74, 6) is -0.0284. The number of para-hydroxylation sites is 1. The highest BCUT2D eigenvalue weighted by atomic mass is 16.1. The van der Waals surface area contributed by atoms with Gasteiger partial charge in [-0.05, 0) is 48.0 Å². The monoisotopic (exact) mass is 356 g/mol. The average Bonchev–Trinajstić information content (AvgIpc) is 3.00. The van der Waals surface area contributed by atoms with Crippen molar-refractivity contribution in [1.82, 2.24) is 9.55 Å². The fourth-order valence-electron chi connectivity index (χ4n) is 3.18. The van der Waals surface area contributed by atoms with Crippen LogP contribution in [0.4, 0.5) is 17.1 Å². The molecule has 2 aromatic carbocycles. The topological polar surface area (TPSA) is 59.0 Å². The molecule has 0 radical (unpaired) electrons. The van der Waals surface area contributed by atoms with Gasteiger partial charge in [0.1, 0.15) is 0 Å². The second kappa shape index (κ2) is 7.33. The van der Waals surface area contributed by atoms with Crippen LogP contribution >= 0.6 is 0 Å². The lowest BCUT2D eigenvalue weighted by Crippen LogP contribution is -2.14. The van der Waals surface area contributed by atoms with Gasteiger partial charge in [-0.25, -0.2) is 0 Å². The van der Waals surface area contributed by atoms with Crippen LogP contribution in [-0.4, -0.2) is 15.5 Å². The van der Waals surface area contributed by atoms with Gasteiger partial charge in [-0.2, -0.15) is 0 Å². The Hall–Kier alpha value is -3.60. The van der Waals surface area contributed by atoms with Crippen molar-refractivity contribution in [3.8, 4) is 0 Å². The van der Waals surface area contributed by atoms with Crippen LogP contribution in [0.5, 0.6) is 0 Å². The van der Waals surface area contributed by atoms with E-state index in [-0.39, 0.29) is 5.91 Å². The van der Waals surface area contributed by atoms with Crippen molar-refractivity contribution < 1.29 is 4.79 Å². The van der Waals surface area contributed by atoms with E-state index in [0.29, 0.717) is 6.42 Å². The highest BCUT2D eigenvalue weighted by Crippen LogP contribution is 2.22. The van der Waals surface area contributed by atoms with Crippen molar-refractivity contribution in [2.75, 3.05) is 10.6 Å². The molecule has 0 bridgehead atoms. The molecule has 27 heavy (non-hydrogen) atoms. The molecular formula is C22H20N4O. The number of anilines is 3. The maximum absolute atomic E-state index is 12.5. The van der Waals surface area contributed by atoms with Crippen LogP contribution in [-0.2, 0) is 18.3 Å². The number of amides is 1. The lowest BCUT2D eigenvalue weighted by Gasteiger charge is -2.08. The molecule has 134 valence electrons. The molecule has 0 unspecified atom stereocenters. The quantitative estimate of drug-likeness (QED) is 0.554. The Morgan fingerprint density at radius 2 is 1.74 bits per heavy atom. The lowest BCUT2D eigenvalue weighted by molar-refractivity contribution is -0.115. The van der Waals surface area contributed by atoms with Crippen LogP contribution < -0.4 is 10.6 Å². The molecule has 0 aliphatic carbocycles. The van der Waals surface area contributed by atoms with Crippen LogP contribution in [0.25, 0.3) is 10.9 Å². The Morgan fingerprint density at radius 1 is 0.963 bits per heavy atom. The summed E-state index contributed by atoms with van der Waals surface area (Å²) in [6, 6.07) is 19.6. The number of fused-ring (bicyclic) bond motifs is 1. The molecule has 5 heteroatoms. The third kappa shape index (κ3) is 3.82. The van der Waals surface area contributed by atoms with E-state index < -0.39 is 0 Å². The number of hydrogen-bond acceptors (Lipinski definition) is 3. The summed E-state index contributed by atoms with van der Waals surface area (Å²) in [4.78, 5) is 16.5. The molecule has 0 fully saturated rings. The molecule has 0 aliphatic heterocycles. The smallest absolute Gasteiger partial charge is 0.228 e. The summed E-state index contributed by atoms with van der Waals surface area (Å²) < 4.78 is 2.05. The van der Waals surface area contributed by atoms with Gasteiger partial charge in [-0.1, -0.05) is 18.2 Å². The molecule has 1 amide bonds. The maximum atomic E-state index is 12.5. The van der Waals surface area contributed by atoms with Crippen molar-refractivity contribution in [1.29, 1.82) is 0 Å². The van der Waals surface area contributed by atoms with Crippen LogP contribution in [0.2, 0.25) is 0 Å². The van der Waals surface area contributed by atoms with Gasteiger partial charge < -0.3 is 15.2 Å². The van der Waals surface area contributed by atoms with Gasteiger partial charge in [0.15, 0.2) is 0 Å². The van der Waals surface area contributed by atoms with Crippen molar-refractivity contribution in [3.05, 3.63) is 84.8 Å². The van der Waals surface area contributed by atoms with E-state index in [1.165, 1.54) is 0 Å². The molecule has 4 aromatic rings. The number of hydrogen-bond donors (Lipinski definition) is 2. The van der Waals surface area contributed by atoms with Crippen molar-refractivity contribution in [2.45, 2.75) is 6.42 Å². The number of nitrogens with zero attached hydrogens (tertiary/aromatic N) is 2. The van der Waals surface area contributed by atoms with Crippen molar-refractivity contribution in [2.24, 2.45) is 7.05 Å².